The summed E-state index contributed by atoms with van der Waals surface area (Å²) in [6.45, 7) is 3.37. The standard InChI is InChI=1S/C16H19IN6O6S/c1-16(2)28-11-7(5-27-15(24)22-30(19,25)26)3-9(12(11)29-16)23-4-8(17)10-13(18)20-6-21-14(10)23/h3-4,6,9,11-12H,5H2,1-2H3,(H,22,24)(H2,18,20,21)(H2,19,25,26)/t9-,11-,12+/m1/s1. The SMILES string of the molecule is CC1(C)O[C@@H]2[C@H](O1)C(COC(=O)NS(N)(=O)=O)=C[C@H]2n1cc(I)c2c(N)ncnc21. The summed E-state index contributed by atoms with van der Waals surface area (Å²) in [5, 5.41) is 5.52. The van der Waals surface area contributed by atoms with Gasteiger partial charge < -0.3 is 24.5 Å². The van der Waals surface area contributed by atoms with Crippen molar-refractivity contribution in [2.45, 2.75) is 37.9 Å². The van der Waals surface area contributed by atoms with E-state index in [1.165, 1.54) is 6.33 Å². The first kappa shape index (κ1) is 21.2. The highest BCUT2D eigenvalue weighted by atomic mass is 127. The van der Waals surface area contributed by atoms with Crippen molar-refractivity contribution in [1.29, 1.82) is 0 Å². The van der Waals surface area contributed by atoms with Crippen LogP contribution >= 0.6 is 22.6 Å². The lowest BCUT2D eigenvalue weighted by Crippen LogP contribution is -2.37. The number of ether oxygens (including phenoxy) is 3. The number of carbonyl (C=O) groups is 1. The third kappa shape index (κ3) is 3.96. The highest BCUT2D eigenvalue weighted by molar-refractivity contribution is 14.1. The molecular weight excluding hydrogens is 531 g/mol. The highest BCUT2D eigenvalue weighted by Crippen LogP contribution is 2.44. The predicted octanol–water partition coefficient (Wildman–Crippen LogP) is 0.549. The maximum atomic E-state index is 11.7. The maximum Gasteiger partial charge on any atom is 0.422 e. The zero-order valence-corrected chi connectivity index (χ0v) is 18.9. The molecule has 162 valence electrons. The number of hydrogen-bond donors (Lipinski definition) is 3. The Balaban J connectivity index is 1.66. The number of nitrogens with zero attached hydrogens (tertiary/aromatic N) is 3. The molecule has 0 bridgehead atoms. The van der Waals surface area contributed by atoms with E-state index in [1.54, 1.807) is 18.6 Å². The van der Waals surface area contributed by atoms with E-state index in [0.29, 0.717) is 17.0 Å². The Bertz CT molecular complexity index is 1160. The minimum absolute atomic E-state index is 0.203. The molecule has 1 aliphatic heterocycles. The van der Waals surface area contributed by atoms with Crippen LogP contribution in [-0.4, -0.2) is 53.6 Å². The minimum Gasteiger partial charge on any atom is -0.444 e. The summed E-state index contributed by atoms with van der Waals surface area (Å²) < 4.78 is 43.4. The molecule has 4 rings (SSSR count). The van der Waals surface area contributed by atoms with Crippen molar-refractivity contribution in [2.75, 3.05) is 12.3 Å². The van der Waals surface area contributed by atoms with Crippen LogP contribution in [-0.2, 0) is 24.4 Å². The molecule has 2 aliphatic rings. The molecule has 12 nitrogen and oxygen atoms in total. The zero-order valence-electron chi connectivity index (χ0n) is 15.9. The van der Waals surface area contributed by atoms with Gasteiger partial charge in [-0.25, -0.2) is 24.6 Å². The Hall–Kier alpha value is -2.01. The van der Waals surface area contributed by atoms with Gasteiger partial charge in [0, 0.05) is 9.77 Å². The van der Waals surface area contributed by atoms with E-state index in [-0.39, 0.29) is 12.6 Å². The number of carbonyl (C=O) groups excluding carboxylic acids is 1. The number of amides is 1. The summed E-state index contributed by atoms with van der Waals surface area (Å²) in [5.74, 6) is -0.492. The van der Waals surface area contributed by atoms with Gasteiger partial charge in [-0.3, -0.25) is 0 Å². The Morgan fingerprint density at radius 1 is 1.40 bits per heavy atom. The van der Waals surface area contributed by atoms with Gasteiger partial charge in [-0.15, -0.1) is 0 Å². The van der Waals surface area contributed by atoms with Gasteiger partial charge in [-0.1, -0.05) is 6.08 Å². The topological polar surface area (TPSA) is 174 Å². The number of halogens is 1. The third-order valence-corrected chi connectivity index (χ3v) is 5.99. The van der Waals surface area contributed by atoms with Crippen LogP contribution in [0.1, 0.15) is 19.9 Å². The number of anilines is 1. The van der Waals surface area contributed by atoms with Gasteiger partial charge in [0.2, 0.25) is 0 Å². The molecule has 2 aromatic rings. The van der Waals surface area contributed by atoms with Crippen LogP contribution in [0.15, 0.2) is 24.2 Å². The van der Waals surface area contributed by atoms with E-state index in [2.05, 4.69) is 32.6 Å². The van der Waals surface area contributed by atoms with Crippen molar-refractivity contribution >= 4 is 55.7 Å². The Morgan fingerprint density at radius 3 is 2.83 bits per heavy atom. The fourth-order valence-corrected chi connectivity index (χ4v) is 4.80. The number of rotatable bonds is 4. The molecule has 14 heteroatoms. The smallest absolute Gasteiger partial charge is 0.422 e. The second kappa shape index (κ2) is 7.30. The second-order valence-corrected chi connectivity index (χ2v) is 9.77. The molecule has 30 heavy (non-hydrogen) atoms. The van der Waals surface area contributed by atoms with Crippen molar-refractivity contribution in [1.82, 2.24) is 19.3 Å². The van der Waals surface area contributed by atoms with Crippen molar-refractivity contribution in [3.63, 3.8) is 0 Å². The lowest BCUT2D eigenvalue weighted by atomic mass is 10.1. The molecule has 0 saturated carbocycles. The molecule has 1 saturated heterocycles. The molecule has 0 aromatic carbocycles. The molecule has 0 spiro atoms. The Morgan fingerprint density at radius 2 is 2.13 bits per heavy atom. The van der Waals surface area contributed by atoms with Crippen molar-refractivity contribution in [2.24, 2.45) is 5.14 Å². The number of nitrogen functional groups attached to an aromatic ring is 1. The first-order valence-electron chi connectivity index (χ1n) is 8.75. The van der Waals surface area contributed by atoms with Gasteiger partial charge in [0.1, 0.15) is 36.6 Å². The van der Waals surface area contributed by atoms with E-state index < -0.39 is 34.3 Å². The van der Waals surface area contributed by atoms with Gasteiger partial charge in [0.05, 0.1) is 11.4 Å². The summed E-state index contributed by atoms with van der Waals surface area (Å²) in [5.41, 5.74) is 7.27. The fraction of sp³-hybridized carbons (Fsp3) is 0.438. The summed E-state index contributed by atoms with van der Waals surface area (Å²) in [7, 11) is -4.22. The first-order chi connectivity index (χ1) is 14.0. The summed E-state index contributed by atoms with van der Waals surface area (Å²) in [6.07, 6.45) is 3.03. The fourth-order valence-electron chi connectivity index (χ4n) is 3.69. The maximum absolute atomic E-state index is 11.7. The largest absolute Gasteiger partial charge is 0.444 e. The lowest BCUT2D eigenvalue weighted by molar-refractivity contribution is -0.148. The van der Waals surface area contributed by atoms with Gasteiger partial charge in [0.25, 0.3) is 0 Å². The third-order valence-electron chi connectivity index (χ3n) is 4.73. The van der Waals surface area contributed by atoms with Gasteiger partial charge in [-0.05, 0) is 42.0 Å². The lowest BCUT2D eigenvalue weighted by Gasteiger charge is -2.22. The molecule has 0 radical (unpaired) electrons. The second-order valence-electron chi connectivity index (χ2n) is 7.32. The molecular formula is C16H19IN6O6S. The minimum atomic E-state index is -4.22. The quantitative estimate of drug-likeness (QED) is 0.363. The molecule has 1 aliphatic carbocycles. The van der Waals surface area contributed by atoms with E-state index in [4.69, 9.17) is 25.1 Å². The normalized spacial score (nSPS) is 25.2. The molecule has 1 fully saturated rings. The summed E-state index contributed by atoms with van der Waals surface area (Å²) in [6, 6.07) is -0.322. The van der Waals surface area contributed by atoms with Crippen LogP contribution in [0, 0.1) is 3.57 Å². The van der Waals surface area contributed by atoms with Crippen LogP contribution in [0.3, 0.4) is 0 Å². The van der Waals surface area contributed by atoms with Gasteiger partial charge in [0.15, 0.2) is 5.79 Å². The van der Waals surface area contributed by atoms with Gasteiger partial charge >= 0.3 is 16.3 Å². The van der Waals surface area contributed by atoms with Gasteiger partial charge in [-0.2, -0.15) is 8.42 Å². The molecule has 3 heterocycles. The van der Waals surface area contributed by atoms with Crippen molar-refractivity contribution in [3.8, 4) is 0 Å². The van der Waals surface area contributed by atoms with Crippen LogP contribution in [0.2, 0.25) is 0 Å². The van der Waals surface area contributed by atoms with Crippen LogP contribution in [0.25, 0.3) is 11.0 Å². The first-order valence-corrected chi connectivity index (χ1v) is 11.4. The molecule has 0 unspecified atom stereocenters. The average molecular weight is 550 g/mol. The Labute approximate surface area is 185 Å². The van der Waals surface area contributed by atoms with E-state index >= 15 is 0 Å². The van der Waals surface area contributed by atoms with E-state index in [9.17, 15) is 13.2 Å². The van der Waals surface area contributed by atoms with Crippen LogP contribution in [0.4, 0.5) is 10.6 Å². The molecule has 5 N–H and O–H groups in total. The molecule has 1 amide bonds. The number of nitrogens with two attached hydrogens (primary N) is 2. The number of nitrogens with one attached hydrogen (secondary N) is 1. The monoisotopic (exact) mass is 550 g/mol. The predicted molar refractivity (Wildman–Crippen MR) is 113 cm³/mol. The number of fused-ring (bicyclic) bond motifs is 2. The van der Waals surface area contributed by atoms with E-state index in [1.807, 2.05) is 16.8 Å². The van der Waals surface area contributed by atoms with Crippen molar-refractivity contribution in [3.05, 3.63) is 27.7 Å². The average Bonchev–Trinajstić information content (AvgIpc) is 3.21. The summed E-state index contributed by atoms with van der Waals surface area (Å²) in [4.78, 5) is 20.1. The summed E-state index contributed by atoms with van der Waals surface area (Å²) >= 11 is 2.16. The Kier molecular flexibility index (Phi) is 5.16. The molecule has 3 atom stereocenters. The number of hydrogen-bond acceptors (Lipinski definition) is 9. The van der Waals surface area contributed by atoms with Crippen LogP contribution in [0.5, 0.6) is 0 Å². The molecule has 2 aromatic heterocycles. The van der Waals surface area contributed by atoms with E-state index in [0.717, 1.165) is 8.96 Å². The van der Waals surface area contributed by atoms with Crippen molar-refractivity contribution < 1.29 is 27.4 Å². The number of aromatic nitrogens is 3. The zero-order chi connectivity index (χ0) is 21.8. The van der Waals surface area contributed by atoms with Crippen LogP contribution < -0.4 is 15.6 Å². The highest BCUT2D eigenvalue weighted by Gasteiger charge is 2.51.